The lowest BCUT2D eigenvalue weighted by Crippen LogP contribution is -2.28. The first kappa shape index (κ1) is 18.2. The van der Waals surface area contributed by atoms with Crippen molar-refractivity contribution in [3.63, 3.8) is 0 Å². The lowest BCUT2D eigenvalue weighted by Gasteiger charge is -2.12. The van der Waals surface area contributed by atoms with Crippen LogP contribution in [-0.2, 0) is 17.8 Å². The van der Waals surface area contributed by atoms with E-state index in [0.29, 0.717) is 12.3 Å². The Morgan fingerprint density at radius 1 is 1.23 bits per heavy atom. The van der Waals surface area contributed by atoms with Gasteiger partial charge in [-0.3, -0.25) is 9.48 Å². The Hall–Kier alpha value is -2.56. The highest BCUT2D eigenvalue weighted by atomic mass is 16.3. The molecular formula is C21H27N3O2. The fraction of sp³-hybridized carbons (Fsp3) is 0.429. The summed E-state index contributed by atoms with van der Waals surface area (Å²) < 4.78 is 7.85. The van der Waals surface area contributed by atoms with Gasteiger partial charge >= 0.3 is 0 Å². The average molecular weight is 353 g/mol. The maximum atomic E-state index is 12.6. The Morgan fingerprint density at radius 2 is 1.96 bits per heavy atom. The van der Waals surface area contributed by atoms with E-state index in [1.165, 1.54) is 0 Å². The van der Waals surface area contributed by atoms with Gasteiger partial charge in [-0.05, 0) is 38.8 Å². The van der Waals surface area contributed by atoms with Gasteiger partial charge in [0, 0.05) is 23.2 Å². The molecule has 3 rings (SSSR count). The number of aromatic nitrogens is 2. The van der Waals surface area contributed by atoms with Crippen LogP contribution >= 0.6 is 0 Å². The summed E-state index contributed by atoms with van der Waals surface area (Å²) in [6, 6.07) is 9.67. The summed E-state index contributed by atoms with van der Waals surface area (Å²) >= 11 is 0. The van der Waals surface area contributed by atoms with Crippen molar-refractivity contribution in [1.29, 1.82) is 0 Å². The average Bonchev–Trinajstić information content (AvgIpc) is 3.11. The van der Waals surface area contributed by atoms with Crippen LogP contribution in [0.2, 0.25) is 0 Å². The van der Waals surface area contributed by atoms with Crippen LogP contribution in [0.1, 0.15) is 49.5 Å². The molecule has 138 valence electrons. The number of aryl methyl sites for hydroxylation is 1. The molecule has 0 aliphatic carbocycles. The van der Waals surface area contributed by atoms with Crippen molar-refractivity contribution in [2.75, 3.05) is 0 Å². The molecule has 0 fully saturated rings. The Labute approximate surface area is 154 Å². The summed E-state index contributed by atoms with van der Waals surface area (Å²) in [4.78, 5) is 12.6. The zero-order valence-electron chi connectivity index (χ0n) is 16.2. The van der Waals surface area contributed by atoms with E-state index < -0.39 is 0 Å². The van der Waals surface area contributed by atoms with Crippen LogP contribution < -0.4 is 5.32 Å². The van der Waals surface area contributed by atoms with E-state index in [4.69, 9.17) is 4.42 Å². The molecule has 3 aromatic rings. The number of carbonyl (C=O) groups excluding carboxylic acids is 1. The van der Waals surface area contributed by atoms with Gasteiger partial charge in [0.2, 0.25) is 5.91 Å². The van der Waals surface area contributed by atoms with Gasteiger partial charge in [-0.15, -0.1) is 0 Å². The first-order valence-electron chi connectivity index (χ1n) is 9.16. The molecule has 0 saturated heterocycles. The summed E-state index contributed by atoms with van der Waals surface area (Å²) in [5.41, 5.74) is 3.85. The number of fused-ring (bicyclic) bond motifs is 1. The second-order valence-electron chi connectivity index (χ2n) is 7.38. The molecule has 0 radical (unpaired) electrons. The highest BCUT2D eigenvalue weighted by Gasteiger charge is 2.18. The number of amides is 1. The zero-order valence-corrected chi connectivity index (χ0v) is 16.2. The van der Waals surface area contributed by atoms with Crippen molar-refractivity contribution < 1.29 is 9.21 Å². The Bertz CT molecular complexity index is 888. The second kappa shape index (κ2) is 7.36. The van der Waals surface area contributed by atoms with Crippen molar-refractivity contribution in [3.05, 3.63) is 53.0 Å². The number of benzene rings is 1. The molecular weight excluding hydrogens is 326 g/mol. The smallest absolute Gasteiger partial charge is 0.225 e. The van der Waals surface area contributed by atoms with Crippen LogP contribution in [0.15, 0.2) is 34.7 Å². The third kappa shape index (κ3) is 3.82. The van der Waals surface area contributed by atoms with Crippen LogP contribution in [0.3, 0.4) is 0 Å². The van der Waals surface area contributed by atoms with Gasteiger partial charge in [0.1, 0.15) is 11.3 Å². The third-order valence-corrected chi connectivity index (χ3v) is 4.66. The molecule has 1 atom stereocenters. The molecule has 0 aliphatic rings. The highest BCUT2D eigenvalue weighted by Crippen LogP contribution is 2.24. The molecule has 0 bridgehead atoms. The van der Waals surface area contributed by atoms with E-state index in [9.17, 15) is 4.79 Å². The van der Waals surface area contributed by atoms with Crippen molar-refractivity contribution in [1.82, 2.24) is 15.1 Å². The Morgan fingerprint density at radius 3 is 2.65 bits per heavy atom. The number of nitrogens with zero attached hydrogens (tertiary/aromatic N) is 2. The van der Waals surface area contributed by atoms with Crippen molar-refractivity contribution in [2.24, 2.45) is 5.92 Å². The van der Waals surface area contributed by atoms with Gasteiger partial charge in [-0.1, -0.05) is 32.0 Å². The molecule has 5 heteroatoms. The standard InChI is InChI=1S/C21H27N3O2/c1-13(2)12-24-16(5)18(14(3)23-24)11-21(25)22-15(4)20-10-17-8-6-7-9-19(17)26-20/h6-10,13,15H,11-12H2,1-5H3,(H,22,25)/t15-/m0/s1. The van der Waals surface area contributed by atoms with Gasteiger partial charge < -0.3 is 9.73 Å². The normalized spacial score (nSPS) is 12.7. The van der Waals surface area contributed by atoms with E-state index in [-0.39, 0.29) is 11.9 Å². The SMILES string of the molecule is Cc1nn(CC(C)C)c(C)c1CC(=O)N[C@@H](C)c1cc2ccccc2o1. The lowest BCUT2D eigenvalue weighted by molar-refractivity contribution is -0.121. The molecule has 2 aromatic heterocycles. The summed E-state index contributed by atoms with van der Waals surface area (Å²) in [5, 5.41) is 8.67. The van der Waals surface area contributed by atoms with Crippen LogP contribution in [-0.4, -0.2) is 15.7 Å². The van der Waals surface area contributed by atoms with Gasteiger partial charge in [0.15, 0.2) is 0 Å². The van der Waals surface area contributed by atoms with E-state index in [0.717, 1.165) is 40.2 Å². The maximum absolute atomic E-state index is 12.6. The molecule has 0 aliphatic heterocycles. The summed E-state index contributed by atoms with van der Waals surface area (Å²) in [6.45, 7) is 11.1. The first-order chi connectivity index (χ1) is 12.3. The minimum atomic E-state index is -0.179. The molecule has 2 heterocycles. The van der Waals surface area contributed by atoms with Crippen LogP contribution in [0.4, 0.5) is 0 Å². The number of hydrogen-bond acceptors (Lipinski definition) is 3. The largest absolute Gasteiger partial charge is 0.459 e. The number of hydrogen-bond donors (Lipinski definition) is 1. The topological polar surface area (TPSA) is 60.1 Å². The number of carbonyl (C=O) groups is 1. The predicted molar refractivity (Wildman–Crippen MR) is 103 cm³/mol. The van der Waals surface area contributed by atoms with Crippen LogP contribution in [0, 0.1) is 19.8 Å². The molecule has 0 unspecified atom stereocenters. The molecule has 0 spiro atoms. The Kier molecular flexibility index (Phi) is 5.16. The molecule has 0 saturated carbocycles. The highest BCUT2D eigenvalue weighted by molar-refractivity contribution is 5.80. The van der Waals surface area contributed by atoms with Crippen LogP contribution in [0.25, 0.3) is 11.0 Å². The summed E-state index contributed by atoms with van der Waals surface area (Å²) in [7, 11) is 0. The van der Waals surface area contributed by atoms with Crippen LogP contribution in [0.5, 0.6) is 0 Å². The van der Waals surface area contributed by atoms with Gasteiger partial charge in [0.25, 0.3) is 0 Å². The van der Waals surface area contributed by atoms with E-state index in [1.807, 2.05) is 55.8 Å². The first-order valence-corrected chi connectivity index (χ1v) is 9.16. The van der Waals surface area contributed by atoms with Gasteiger partial charge in [0.05, 0.1) is 18.2 Å². The lowest BCUT2D eigenvalue weighted by atomic mass is 10.1. The molecule has 1 N–H and O–H groups in total. The molecule has 1 amide bonds. The van der Waals surface area contributed by atoms with Crippen molar-refractivity contribution in [2.45, 2.75) is 53.6 Å². The predicted octanol–water partition coefficient (Wildman–Crippen LogP) is 4.32. The maximum Gasteiger partial charge on any atom is 0.225 e. The third-order valence-electron chi connectivity index (χ3n) is 4.66. The monoisotopic (exact) mass is 353 g/mol. The molecule has 26 heavy (non-hydrogen) atoms. The van der Waals surface area contributed by atoms with Gasteiger partial charge in [-0.2, -0.15) is 5.10 Å². The zero-order chi connectivity index (χ0) is 18.8. The molecule has 5 nitrogen and oxygen atoms in total. The number of furan rings is 1. The number of rotatable bonds is 6. The van der Waals surface area contributed by atoms with Gasteiger partial charge in [-0.25, -0.2) is 0 Å². The number of para-hydroxylation sites is 1. The Balaban J connectivity index is 1.69. The van der Waals surface area contributed by atoms with Crippen molar-refractivity contribution in [3.8, 4) is 0 Å². The van der Waals surface area contributed by atoms with E-state index in [2.05, 4.69) is 24.3 Å². The number of nitrogens with one attached hydrogen (secondary N) is 1. The molecule has 1 aromatic carbocycles. The summed E-state index contributed by atoms with van der Waals surface area (Å²) in [6.07, 6.45) is 0.334. The van der Waals surface area contributed by atoms with E-state index in [1.54, 1.807) is 0 Å². The fourth-order valence-corrected chi connectivity index (χ4v) is 3.25. The quantitative estimate of drug-likeness (QED) is 0.718. The minimum Gasteiger partial charge on any atom is -0.459 e. The summed E-state index contributed by atoms with van der Waals surface area (Å²) in [5.74, 6) is 1.26. The second-order valence-corrected chi connectivity index (χ2v) is 7.38. The minimum absolute atomic E-state index is 0.0201. The fourth-order valence-electron chi connectivity index (χ4n) is 3.25. The van der Waals surface area contributed by atoms with Crippen molar-refractivity contribution >= 4 is 16.9 Å². The van der Waals surface area contributed by atoms with E-state index >= 15 is 0 Å².